The molecule has 6 heteroatoms. The number of aromatic nitrogens is 2. The molecule has 2 aromatic heterocycles. The highest BCUT2D eigenvalue weighted by Gasteiger charge is 2.11. The molecule has 0 saturated carbocycles. The minimum absolute atomic E-state index is 0.0950. The maximum Gasteiger partial charge on any atom is 0.321 e. The van der Waals surface area contributed by atoms with Crippen LogP contribution in [0, 0.1) is 0 Å². The molecule has 5 nitrogen and oxygen atoms in total. The highest BCUT2D eigenvalue weighted by molar-refractivity contribution is 7.22. The average molecular weight is 298 g/mol. The molecule has 0 aliphatic carbocycles. The van der Waals surface area contributed by atoms with Gasteiger partial charge in [0.05, 0.1) is 16.3 Å². The molecule has 0 unspecified atom stereocenters. The molecule has 2 amide bonds. The van der Waals surface area contributed by atoms with Crippen molar-refractivity contribution in [3.63, 3.8) is 0 Å². The third-order valence-corrected chi connectivity index (χ3v) is 4.02. The first-order valence-corrected chi connectivity index (χ1v) is 7.37. The van der Waals surface area contributed by atoms with E-state index in [0.717, 1.165) is 15.8 Å². The van der Waals surface area contributed by atoms with Crippen LogP contribution in [0.15, 0.2) is 48.8 Å². The Labute approximate surface area is 126 Å². The smallest absolute Gasteiger partial charge is 0.321 e. The predicted octanol–water partition coefficient (Wildman–Crippen LogP) is 3.57. The van der Waals surface area contributed by atoms with Gasteiger partial charge in [-0.3, -0.25) is 10.3 Å². The molecule has 0 aliphatic heterocycles. The Hall–Kier alpha value is -2.47. The van der Waals surface area contributed by atoms with Crippen LogP contribution in [0.2, 0.25) is 0 Å². The second kappa shape index (κ2) is 5.88. The van der Waals surface area contributed by atoms with Crippen LogP contribution in [0.3, 0.4) is 0 Å². The lowest BCUT2D eigenvalue weighted by Gasteiger charge is -2.13. The van der Waals surface area contributed by atoms with Gasteiger partial charge in [-0.25, -0.2) is 9.78 Å². The van der Waals surface area contributed by atoms with E-state index in [4.69, 9.17) is 0 Å². The number of anilines is 1. The van der Waals surface area contributed by atoms with Crippen molar-refractivity contribution in [3.8, 4) is 0 Å². The fraction of sp³-hybridized carbons (Fsp3) is 0.133. The number of rotatable bonds is 3. The topological polar surface area (TPSA) is 66.9 Å². The van der Waals surface area contributed by atoms with Crippen LogP contribution in [0.4, 0.5) is 9.93 Å². The standard InChI is InChI=1S/C15H14N4OS/c1-10(11-6-8-16-9-7-11)17-14(20)19-15-18-12-4-2-3-5-13(12)21-15/h2-10H,1H3,(H2,17,18,19,20)/t10-/m0/s1. The predicted molar refractivity (Wildman–Crippen MR) is 84.4 cm³/mol. The van der Waals surface area contributed by atoms with Gasteiger partial charge in [0.25, 0.3) is 0 Å². The summed E-state index contributed by atoms with van der Waals surface area (Å²) < 4.78 is 1.05. The number of amides is 2. The first-order valence-electron chi connectivity index (χ1n) is 6.55. The number of nitrogens with one attached hydrogen (secondary N) is 2. The van der Waals surface area contributed by atoms with E-state index >= 15 is 0 Å². The van der Waals surface area contributed by atoms with Gasteiger partial charge < -0.3 is 5.32 Å². The first-order chi connectivity index (χ1) is 10.2. The number of fused-ring (bicyclic) bond motifs is 1. The average Bonchev–Trinajstić information content (AvgIpc) is 2.90. The van der Waals surface area contributed by atoms with E-state index < -0.39 is 0 Å². The summed E-state index contributed by atoms with van der Waals surface area (Å²) in [6.07, 6.45) is 3.41. The van der Waals surface area contributed by atoms with Crippen LogP contribution >= 0.6 is 11.3 Å². The fourth-order valence-electron chi connectivity index (χ4n) is 1.99. The molecular formula is C15H14N4OS. The molecule has 0 spiro atoms. The second-order valence-corrected chi connectivity index (χ2v) is 5.62. The van der Waals surface area contributed by atoms with E-state index in [0.29, 0.717) is 5.13 Å². The van der Waals surface area contributed by atoms with Crippen LogP contribution in [-0.4, -0.2) is 16.0 Å². The summed E-state index contributed by atoms with van der Waals surface area (Å²) in [4.78, 5) is 20.3. The molecule has 106 valence electrons. The number of carbonyl (C=O) groups excluding carboxylic acids is 1. The maximum atomic E-state index is 12.0. The van der Waals surface area contributed by atoms with Gasteiger partial charge in [0.2, 0.25) is 0 Å². The molecule has 0 saturated heterocycles. The summed E-state index contributed by atoms with van der Waals surface area (Å²) in [6, 6.07) is 11.2. The minimum atomic E-state index is -0.265. The van der Waals surface area contributed by atoms with E-state index in [1.807, 2.05) is 43.3 Å². The van der Waals surface area contributed by atoms with Gasteiger partial charge in [-0.1, -0.05) is 23.5 Å². The van der Waals surface area contributed by atoms with Crippen molar-refractivity contribution >= 4 is 32.7 Å². The zero-order chi connectivity index (χ0) is 14.7. The molecule has 2 N–H and O–H groups in total. The Bertz CT molecular complexity index is 723. The third kappa shape index (κ3) is 3.17. The van der Waals surface area contributed by atoms with Crippen molar-refractivity contribution in [1.29, 1.82) is 0 Å². The summed E-state index contributed by atoms with van der Waals surface area (Å²) in [5.74, 6) is 0. The Balaban J connectivity index is 1.66. The largest absolute Gasteiger partial charge is 0.331 e. The number of carbonyl (C=O) groups is 1. The quantitative estimate of drug-likeness (QED) is 0.776. The van der Waals surface area contributed by atoms with Gasteiger partial charge in [-0.2, -0.15) is 0 Å². The van der Waals surface area contributed by atoms with Crippen LogP contribution in [0.1, 0.15) is 18.5 Å². The van der Waals surface area contributed by atoms with E-state index in [1.54, 1.807) is 12.4 Å². The molecule has 0 aliphatic rings. The number of urea groups is 1. The van der Waals surface area contributed by atoms with Gasteiger partial charge in [-0.15, -0.1) is 0 Å². The Morgan fingerprint density at radius 1 is 1.19 bits per heavy atom. The summed E-state index contributed by atoms with van der Waals surface area (Å²) in [5.41, 5.74) is 1.89. The summed E-state index contributed by atoms with van der Waals surface area (Å²) in [6.45, 7) is 1.92. The van der Waals surface area contributed by atoms with Gasteiger partial charge in [-0.05, 0) is 36.8 Å². The van der Waals surface area contributed by atoms with Crippen molar-refractivity contribution in [2.24, 2.45) is 0 Å². The highest BCUT2D eigenvalue weighted by Crippen LogP contribution is 2.25. The zero-order valence-corrected chi connectivity index (χ0v) is 12.2. The number of hydrogen-bond donors (Lipinski definition) is 2. The van der Waals surface area contributed by atoms with Crippen LogP contribution in [-0.2, 0) is 0 Å². The number of hydrogen-bond acceptors (Lipinski definition) is 4. The maximum absolute atomic E-state index is 12.0. The molecule has 1 aromatic carbocycles. The van der Waals surface area contributed by atoms with Gasteiger partial charge in [0.1, 0.15) is 0 Å². The van der Waals surface area contributed by atoms with Crippen molar-refractivity contribution < 1.29 is 4.79 Å². The Morgan fingerprint density at radius 3 is 2.71 bits per heavy atom. The number of para-hydroxylation sites is 1. The van der Waals surface area contributed by atoms with Crippen molar-refractivity contribution in [2.45, 2.75) is 13.0 Å². The second-order valence-electron chi connectivity index (χ2n) is 4.59. The first kappa shape index (κ1) is 13.5. The molecule has 3 rings (SSSR count). The highest BCUT2D eigenvalue weighted by atomic mass is 32.1. The van der Waals surface area contributed by atoms with Gasteiger partial charge >= 0.3 is 6.03 Å². The third-order valence-electron chi connectivity index (χ3n) is 3.07. The van der Waals surface area contributed by atoms with Crippen molar-refractivity contribution in [1.82, 2.24) is 15.3 Å². The number of benzene rings is 1. The minimum Gasteiger partial charge on any atom is -0.331 e. The van der Waals surface area contributed by atoms with Gasteiger partial charge in [0, 0.05) is 12.4 Å². The summed E-state index contributed by atoms with van der Waals surface area (Å²) in [7, 11) is 0. The van der Waals surface area contributed by atoms with Crippen LogP contribution in [0.25, 0.3) is 10.2 Å². The summed E-state index contributed by atoms with van der Waals surface area (Å²) >= 11 is 1.46. The molecule has 1 atom stereocenters. The van der Waals surface area contributed by atoms with Crippen molar-refractivity contribution in [2.75, 3.05) is 5.32 Å². The van der Waals surface area contributed by atoms with E-state index in [9.17, 15) is 4.79 Å². The summed E-state index contributed by atoms with van der Waals surface area (Å²) in [5, 5.41) is 6.24. The monoisotopic (exact) mass is 298 g/mol. The van der Waals surface area contributed by atoms with Crippen LogP contribution < -0.4 is 10.6 Å². The molecular weight excluding hydrogens is 284 g/mol. The van der Waals surface area contributed by atoms with Gasteiger partial charge in [0.15, 0.2) is 5.13 Å². The van der Waals surface area contributed by atoms with Crippen molar-refractivity contribution in [3.05, 3.63) is 54.4 Å². The molecule has 0 fully saturated rings. The van der Waals surface area contributed by atoms with E-state index in [2.05, 4.69) is 20.6 Å². The zero-order valence-electron chi connectivity index (χ0n) is 11.4. The van der Waals surface area contributed by atoms with Crippen LogP contribution in [0.5, 0.6) is 0 Å². The SMILES string of the molecule is C[C@H](NC(=O)Nc1nc2ccccc2s1)c1ccncc1. The Kier molecular flexibility index (Phi) is 3.79. The lowest BCUT2D eigenvalue weighted by atomic mass is 10.1. The fourth-order valence-corrected chi connectivity index (χ4v) is 2.85. The lowest BCUT2D eigenvalue weighted by molar-refractivity contribution is 0.249. The lowest BCUT2D eigenvalue weighted by Crippen LogP contribution is -2.31. The molecule has 21 heavy (non-hydrogen) atoms. The van der Waals surface area contributed by atoms with E-state index in [-0.39, 0.29) is 12.1 Å². The number of thiazole rings is 1. The number of nitrogens with zero attached hydrogens (tertiary/aromatic N) is 2. The molecule has 3 aromatic rings. The molecule has 2 heterocycles. The normalized spacial score (nSPS) is 12.0. The number of pyridine rings is 1. The Morgan fingerprint density at radius 2 is 1.95 bits per heavy atom. The van der Waals surface area contributed by atoms with E-state index in [1.165, 1.54) is 11.3 Å². The molecule has 0 bridgehead atoms. The molecule has 0 radical (unpaired) electrons.